The van der Waals surface area contributed by atoms with Gasteiger partial charge in [0.05, 0.1) is 7.11 Å². The van der Waals surface area contributed by atoms with Crippen molar-refractivity contribution in [2.24, 2.45) is 0 Å². The number of hydrogen-bond acceptors (Lipinski definition) is 2. The molecular formula is C13H10BrClO2. The second kappa shape index (κ2) is 4.98. The fourth-order valence-electron chi connectivity index (χ4n) is 1.63. The molecule has 4 heteroatoms. The maximum absolute atomic E-state index is 9.58. The fraction of sp³-hybridized carbons (Fsp3) is 0.0769. The largest absolute Gasteiger partial charge is 0.508 e. The minimum atomic E-state index is 0.200. The Morgan fingerprint density at radius 3 is 2.59 bits per heavy atom. The van der Waals surface area contributed by atoms with Gasteiger partial charge in [-0.3, -0.25) is 0 Å². The standard InChI is InChI=1S/C13H10BrClO2/c1-17-13-7-10(15)2-3-12(13)8-4-9(14)6-11(16)5-8/h2-7,16H,1H3. The molecule has 0 aliphatic rings. The van der Waals surface area contributed by atoms with Crippen molar-refractivity contribution < 1.29 is 9.84 Å². The molecule has 88 valence electrons. The van der Waals surface area contributed by atoms with Crippen molar-refractivity contribution in [2.75, 3.05) is 7.11 Å². The summed E-state index contributed by atoms with van der Waals surface area (Å²) in [6, 6.07) is 10.6. The molecule has 2 aromatic rings. The van der Waals surface area contributed by atoms with Gasteiger partial charge >= 0.3 is 0 Å². The number of phenolic OH excluding ortho intramolecular Hbond substituents is 1. The van der Waals surface area contributed by atoms with Crippen LogP contribution < -0.4 is 4.74 Å². The Labute approximate surface area is 113 Å². The Hall–Kier alpha value is -1.19. The third kappa shape index (κ3) is 2.73. The van der Waals surface area contributed by atoms with Crippen molar-refractivity contribution in [1.29, 1.82) is 0 Å². The Kier molecular flexibility index (Phi) is 3.60. The summed E-state index contributed by atoms with van der Waals surface area (Å²) < 4.78 is 6.09. The summed E-state index contributed by atoms with van der Waals surface area (Å²) in [7, 11) is 1.59. The number of methoxy groups -OCH3 is 1. The minimum Gasteiger partial charge on any atom is -0.508 e. The average Bonchev–Trinajstić information content (AvgIpc) is 2.27. The van der Waals surface area contributed by atoms with Crippen LogP contribution >= 0.6 is 27.5 Å². The molecule has 0 aliphatic carbocycles. The molecule has 17 heavy (non-hydrogen) atoms. The molecule has 0 saturated heterocycles. The molecule has 0 amide bonds. The van der Waals surface area contributed by atoms with E-state index in [-0.39, 0.29) is 5.75 Å². The fourth-order valence-corrected chi connectivity index (χ4v) is 2.28. The lowest BCUT2D eigenvalue weighted by molar-refractivity contribution is 0.416. The van der Waals surface area contributed by atoms with E-state index in [4.69, 9.17) is 16.3 Å². The molecule has 2 rings (SSSR count). The van der Waals surface area contributed by atoms with Crippen molar-refractivity contribution in [2.45, 2.75) is 0 Å². The zero-order valence-corrected chi connectivity index (χ0v) is 11.4. The zero-order chi connectivity index (χ0) is 12.4. The van der Waals surface area contributed by atoms with Gasteiger partial charge in [-0.25, -0.2) is 0 Å². The van der Waals surface area contributed by atoms with Crippen molar-refractivity contribution in [3.05, 3.63) is 45.9 Å². The van der Waals surface area contributed by atoms with Crippen molar-refractivity contribution in [3.8, 4) is 22.6 Å². The summed E-state index contributed by atoms with van der Waals surface area (Å²) in [6.07, 6.45) is 0. The Morgan fingerprint density at radius 1 is 1.18 bits per heavy atom. The van der Waals surface area contributed by atoms with Crippen LogP contribution in [-0.2, 0) is 0 Å². The molecule has 1 N–H and O–H groups in total. The molecule has 2 nitrogen and oxygen atoms in total. The number of rotatable bonds is 2. The van der Waals surface area contributed by atoms with E-state index < -0.39 is 0 Å². The molecular weight excluding hydrogens is 303 g/mol. The molecule has 0 radical (unpaired) electrons. The quantitative estimate of drug-likeness (QED) is 0.885. The molecule has 0 unspecified atom stereocenters. The number of ether oxygens (including phenoxy) is 1. The Bertz CT molecular complexity index is 535. The summed E-state index contributed by atoms with van der Waals surface area (Å²) >= 11 is 9.25. The second-order valence-corrected chi connectivity index (χ2v) is 4.89. The number of aromatic hydroxyl groups is 1. The van der Waals surface area contributed by atoms with Gasteiger partial charge in [-0.1, -0.05) is 27.5 Å². The highest BCUT2D eigenvalue weighted by Gasteiger charge is 2.08. The third-order valence-corrected chi connectivity index (χ3v) is 3.05. The number of halogens is 2. The first-order valence-electron chi connectivity index (χ1n) is 4.93. The summed E-state index contributed by atoms with van der Waals surface area (Å²) in [6.45, 7) is 0. The predicted octanol–water partition coefficient (Wildman–Crippen LogP) is 4.48. The maximum Gasteiger partial charge on any atom is 0.128 e. The Balaban J connectivity index is 2.59. The molecule has 0 heterocycles. The lowest BCUT2D eigenvalue weighted by Crippen LogP contribution is -1.88. The van der Waals surface area contributed by atoms with Crippen molar-refractivity contribution in [1.82, 2.24) is 0 Å². The van der Waals surface area contributed by atoms with E-state index in [1.807, 2.05) is 12.1 Å². The smallest absolute Gasteiger partial charge is 0.128 e. The molecule has 0 aliphatic heterocycles. The van der Waals surface area contributed by atoms with E-state index in [9.17, 15) is 5.11 Å². The van der Waals surface area contributed by atoms with Crippen molar-refractivity contribution in [3.63, 3.8) is 0 Å². The first kappa shape index (κ1) is 12.3. The van der Waals surface area contributed by atoms with Gasteiger partial charge in [-0.15, -0.1) is 0 Å². The maximum atomic E-state index is 9.58. The highest BCUT2D eigenvalue weighted by Crippen LogP contribution is 2.35. The normalized spacial score (nSPS) is 10.3. The summed E-state index contributed by atoms with van der Waals surface area (Å²) in [5.74, 6) is 0.876. The second-order valence-electron chi connectivity index (χ2n) is 3.54. The third-order valence-electron chi connectivity index (χ3n) is 2.36. The molecule has 2 aromatic carbocycles. The lowest BCUT2D eigenvalue weighted by Gasteiger charge is -2.10. The summed E-state index contributed by atoms with van der Waals surface area (Å²) in [5, 5.41) is 10.2. The number of benzene rings is 2. The van der Waals surface area contributed by atoms with E-state index in [1.165, 1.54) is 0 Å². The summed E-state index contributed by atoms with van der Waals surface area (Å²) in [4.78, 5) is 0. The molecule has 0 saturated carbocycles. The van der Waals surface area contributed by atoms with Crippen LogP contribution in [0.4, 0.5) is 0 Å². The van der Waals surface area contributed by atoms with Gasteiger partial charge in [0, 0.05) is 15.1 Å². The lowest BCUT2D eigenvalue weighted by atomic mass is 10.0. The van der Waals surface area contributed by atoms with Crippen LogP contribution in [0.2, 0.25) is 5.02 Å². The van der Waals surface area contributed by atoms with Gasteiger partial charge in [0.15, 0.2) is 0 Å². The number of hydrogen-bond donors (Lipinski definition) is 1. The van der Waals surface area contributed by atoms with Crippen molar-refractivity contribution >= 4 is 27.5 Å². The highest BCUT2D eigenvalue weighted by molar-refractivity contribution is 9.10. The molecule has 0 aromatic heterocycles. The van der Waals surface area contributed by atoms with Crippen LogP contribution in [0.15, 0.2) is 40.9 Å². The minimum absolute atomic E-state index is 0.200. The molecule has 0 spiro atoms. The first-order chi connectivity index (χ1) is 8.10. The topological polar surface area (TPSA) is 29.5 Å². The molecule has 0 atom stereocenters. The zero-order valence-electron chi connectivity index (χ0n) is 9.08. The van der Waals surface area contributed by atoms with Gasteiger partial charge in [-0.2, -0.15) is 0 Å². The van der Waals surface area contributed by atoms with Gasteiger partial charge in [-0.05, 0) is 42.0 Å². The van der Waals surface area contributed by atoms with Crippen LogP contribution in [0, 0.1) is 0 Å². The van der Waals surface area contributed by atoms with Crippen LogP contribution in [0.1, 0.15) is 0 Å². The summed E-state index contributed by atoms with van der Waals surface area (Å²) in [5.41, 5.74) is 1.75. The van der Waals surface area contributed by atoms with E-state index in [2.05, 4.69) is 15.9 Å². The first-order valence-corrected chi connectivity index (χ1v) is 6.10. The van der Waals surface area contributed by atoms with Crippen LogP contribution in [0.25, 0.3) is 11.1 Å². The highest BCUT2D eigenvalue weighted by atomic mass is 79.9. The predicted molar refractivity (Wildman–Crippen MR) is 72.8 cm³/mol. The average molecular weight is 314 g/mol. The van der Waals surface area contributed by atoms with E-state index in [0.29, 0.717) is 10.8 Å². The van der Waals surface area contributed by atoms with Gasteiger partial charge < -0.3 is 9.84 Å². The van der Waals surface area contributed by atoms with E-state index in [0.717, 1.165) is 15.6 Å². The van der Waals surface area contributed by atoms with Gasteiger partial charge in [0.1, 0.15) is 11.5 Å². The van der Waals surface area contributed by atoms with Crippen LogP contribution in [0.5, 0.6) is 11.5 Å². The molecule has 0 fully saturated rings. The van der Waals surface area contributed by atoms with Gasteiger partial charge in [0.25, 0.3) is 0 Å². The molecule has 0 bridgehead atoms. The van der Waals surface area contributed by atoms with Gasteiger partial charge in [0.2, 0.25) is 0 Å². The SMILES string of the molecule is COc1cc(Cl)ccc1-c1cc(O)cc(Br)c1. The monoisotopic (exact) mass is 312 g/mol. The van der Waals surface area contributed by atoms with E-state index >= 15 is 0 Å². The Morgan fingerprint density at radius 2 is 1.94 bits per heavy atom. The van der Waals surface area contributed by atoms with Crippen LogP contribution in [0.3, 0.4) is 0 Å². The number of phenols is 1. The van der Waals surface area contributed by atoms with E-state index in [1.54, 1.807) is 31.4 Å². The van der Waals surface area contributed by atoms with Crippen LogP contribution in [-0.4, -0.2) is 12.2 Å².